The van der Waals surface area contributed by atoms with Gasteiger partial charge in [-0.2, -0.15) is 0 Å². The van der Waals surface area contributed by atoms with Crippen LogP contribution in [0.4, 0.5) is 0 Å². The molecule has 2 aliphatic rings. The predicted octanol–water partition coefficient (Wildman–Crippen LogP) is 1.07. The normalized spacial score (nSPS) is 44.0. The van der Waals surface area contributed by atoms with Gasteiger partial charge in [0.15, 0.2) is 0 Å². The van der Waals surface area contributed by atoms with Crippen molar-refractivity contribution in [3.63, 3.8) is 0 Å². The largest absolute Gasteiger partial charge is 0.327 e. The maximum atomic E-state index is 6.12. The standard InChI is InChI=1S/C10H20N2/c1-12-6-5-9-8(7-12)3-2-4-10(9)11/h8-10H,2-7,11H2,1H3/t8-,9-,10-/m0/s1. The molecule has 2 heteroatoms. The molecular weight excluding hydrogens is 148 g/mol. The summed E-state index contributed by atoms with van der Waals surface area (Å²) in [5.74, 6) is 1.75. The third-order valence-corrected chi connectivity index (χ3v) is 3.66. The monoisotopic (exact) mass is 168 g/mol. The molecule has 1 aliphatic carbocycles. The second-order valence-electron chi connectivity index (χ2n) is 4.57. The van der Waals surface area contributed by atoms with Gasteiger partial charge in [0.2, 0.25) is 0 Å². The summed E-state index contributed by atoms with van der Waals surface area (Å²) in [6.07, 6.45) is 5.38. The lowest BCUT2D eigenvalue weighted by Gasteiger charge is -2.43. The molecule has 1 saturated carbocycles. The van der Waals surface area contributed by atoms with Crippen LogP contribution in [0.2, 0.25) is 0 Å². The van der Waals surface area contributed by atoms with E-state index in [0.717, 1.165) is 11.8 Å². The third kappa shape index (κ3) is 1.50. The molecule has 0 aromatic rings. The highest BCUT2D eigenvalue weighted by Gasteiger charge is 2.34. The summed E-state index contributed by atoms with van der Waals surface area (Å²) >= 11 is 0. The lowest BCUT2D eigenvalue weighted by atomic mass is 9.72. The highest BCUT2D eigenvalue weighted by Crippen LogP contribution is 2.34. The Hall–Kier alpha value is -0.0800. The van der Waals surface area contributed by atoms with Gasteiger partial charge in [-0.25, -0.2) is 0 Å². The number of piperidine rings is 1. The second-order valence-corrected chi connectivity index (χ2v) is 4.57. The zero-order valence-corrected chi connectivity index (χ0v) is 8.00. The zero-order valence-electron chi connectivity index (χ0n) is 8.00. The van der Waals surface area contributed by atoms with Crippen LogP contribution in [0.3, 0.4) is 0 Å². The van der Waals surface area contributed by atoms with Gasteiger partial charge in [-0.3, -0.25) is 0 Å². The minimum Gasteiger partial charge on any atom is -0.327 e. The van der Waals surface area contributed by atoms with Crippen molar-refractivity contribution in [3.05, 3.63) is 0 Å². The molecule has 2 N–H and O–H groups in total. The van der Waals surface area contributed by atoms with Crippen molar-refractivity contribution in [3.8, 4) is 0 Å². The van der Waals surface area contributed by atoms with Gasteiger partial charge in [0.1, 0.15) is 0 Å². The molecule has 1 aliphatic heterocycles. The van der Waals surface area contributed by atoms with E-state index in [-0.39, 0.29) is 0 Å². The van der Waals surface area contributed by atoms with Crippen molar-refractivity contribution < 1.29 is 0 Å². The van der Waals surface area contributed by atoms with Crippen LogP contribution in [0.1, 0.15) is 25.7 Å². The first-order chi connectivity index (χ1) is 5.77. The fourth-order valence-electron chi connectivity index (χ4n) is 2.93. The Balaban J connectivity index is 1.99. The molecule has 2 rings (SSSR count). The maximum Gasteiger partial charge on any atom is 0.00707 e. The van der Waals surface area contributed by atoms with E-state index in [1.165, 1.54) is 38.8 Å². The van der Waals surface area contributed by atoms with Crippen LogP contribution in [0.25, 0.3) is 0 Å². The molecule has 0 unspecified atom stereocenters. The van der Waals surface area contributed by atoms with Crippen LogP contribution in [0.5, 0.6) is 0 Å². The zero-order chi connectivity index (χ0) is 8.55. The molecule has 70 valence electrons. The third-order valence-electron chi connectivity index (χ3n) is 3.66. The number of hydrogen-bond acceptors (Lipinski definition) is 2. The average molecular weight is 168 g/mol. The highest BCUT2D eigenvalue weighted by atomic mass is 15.1. The molecule has 3 atom stereocenters. The quantitative estimate of drug-likeness (QED) is 0.586. The number of nitrogens with two attached hydrogens (primary N) is 1. The van der Waals surface area contributed by atoms with E-state index >= 15 is 0 Å². The topological polar surface area (TPSA) is 29.3 Å². The summed E-state index contributed by atoms with van der Waals surface area (Å²) in [5, 5.41) is 0. The Labute approximate surface area is 75.1 Å². The van der Waals surface area contributed by atoms with Crippen LogP contribution in [0, 0.1) is 11.8 Å². The summed E-state index contributed by atoms with van der Waals surface area (Å²) in [6.45, 7) is 2.55. The van der Waals surface area contributed by atoms with Crippen molar-refractivity contribution in [2.24, 2.45) is 17.6 Å². The van der Waals surface area contributed by atoms with Crippen LogP contribution in [-0.2, 0) is 0 Å². The van der Waals surface area contributed by atoms with E-state index in [1.807, 2.05) is 0 Å². The number of likely N-dealkylation sites (tertiary alicyclic amines) is 1. The van der Waals surface area contributed by atoms with E-state index in [9.17, 15) is 0 Å². The maximum absolute atomic E-state index is 6.12. The minimum absolute atomic E-state index is 0.512. The highest BCUT2D eigenvalue weighted by molar-refractivity contribution is 4.89. The van der Waals surface area contributed by atoms with Crippen LogP contribution < -0.4 is 5.73 Å². The van der Waals surface area contributed by atoms with Crippen molar-refractivity contribution >= 4 is 0 Å². The van der Waals surface area contributed by atoms with E-state index < -0.39 is 0 Å². The van der Waals surface area contributed by atoms with Crippen molar-refractivity contribution in [1.82, 2.24) is 4.90 Å². The fraction of sp³-hybridized carbons (Fsp3) is 1.00. The van der Waals surface area contributed by atoms with E-state index in [0.29, 0.717) is 6.04 Å². The molecule has 0 bridgehead atoms. The lowest BCUT2D eigenvalue weighted by Crippen LogP contribution is -2.48. The summed E-state index contributed by atoms with van der Waals surface area (Å²) in [6, 6.07) is 0.512. The van der Waals surface area contributed by atoms with Gasteiger partial charge in [0.05, 0.1) is 0 Å². The molecule has 12 heavy (non-hydrogen) atoms. The SMILES string of the molecule is CN1CC[C@H]2[C@@H](CCC[C@@H]2N)C1. The molecule has 1 heterocycles. The number of nitrogens with zero attached hydrogens (tertiary/aromatic N) is 1. The summed E-state index contributed by atoms with van der Waals surface area (Å²) in [4.78, 5) is 2.46. The van der Waals surface area contributed by atoms with Gasteiger partial charge in [-0.15, -0.1) is 0 Å². The number of fused-ring (bicyclic) bond motifs is 1. The second kappa shape index (κ2) is 3.35. The summed E-state index contributed by atoms with van der Waals surface area (Å²) < 4.78 is 0. The van der Waals surface area contributed by atoms with Crippen molar-refractivity contribution in [2.75, 3.05) is 20.1 Å². The van der Waals surface area contributed by atoms with E-state index in [1.54, 1.807) is 0 Å². The fourth-order valence-corrected chi connectivity index (χ4v) is 2.93. The van der Waals surface area contributed by atoms with E-state index in [4.69, 9.17) is 5.73 Å². The Bertz CT molecular complexity index is 158. The first-order valence-corrected chi connectivity index (χ1v) is 5.21. The summed E-state index contributed by atoms with van der Waals surface area (Å²) in [7, 11) is 2.23. The smallest absolute Gasteiger partial charge is 0.00707 e. The van der Waals surface area contributed by atoms with Crippen molar-refractivity contribution in [1.29, 1.82) is 0 Å². The van der Waals surface area contributed by atoms with Crippen LogP contribution in [0.15, 0.2) is 0 Å². The van der Waals surface area contributed by atoms with Gasteiger partial charge < -0.3 is 10.6 Å². The number of rotatable bonds is 0. The Morgan fingerprint density at radius 2 is 2.08 bits per heavy atom. The molecule has 0 aromatic carbocycles. The first-order valence-electron chi connectivity index (χ1n) is 5.21. The van der Waals surface area contributed by atoms with Gasteiger partial charge >= 0.3 is 0 Å². The number of hydrogen-bond donors (Lipinski definition) is 1. The molecule has 1 saturated heterocycles. The Kier molecular flexibility index (Phi) is 2.37. The molecule has 2 fully saturated rings. The Morgan fingerprint density at radius 1 is 1.25 bits per heavy atom. The van der Waals surface area contributed by atoms with Crippen LogP contribution >= 0.6 is 0 Å². The minimum atomic E-state index is 0.512. The molecule has 0 aromatic heterocycles. The van der Waals surface area contributed by atoms with Crippen LogP contribution in [-0.4, -0.2) is 31.1 Å². The van der Waals surface area contributed by atoms with Gasteiger partial charge in [-0.05, 0) is 44.7 Å². The van der Waals surface area contributed by atoms with E-state index in [2.05, 4.69) is 11.9 Å². The molecular formula is C10H20N2. The summed E-state index contributed by atoms with van der Waals surface area (Å²) in [5.41, 5.74) is 6.12. The average Bonchev–Trinajstić information content (AvgIpc) is 2.04. The van der Waals surface area contributed by atoms with Gasteiger partial charge in [-0.1, -0.05) is 6.42 Å². The lowest BCUT2D eigenvalue weighted by molar-refractivity contribution is 0.0895. The molecule has 2 nitrogen and oxygen atoms in total. The van der Waals surface area contributed by atoms with Gasteiger partial charge in [0, 0.05) is 12.6 Å². The Morgan fingerprint density at radius 3 is 2.92 bits per heavy atom. The molecule has 0 radical (unpaired) electrons. The molecule has 0 spiro atoms. The predicted molar refractivity (Wildman–Crippen MR) is 50.9 cm³/mol. The molecule has 0 amide bonds. The van der Waals surface area contributed by atoms with Crippen molar-refractivity contribution in [2.45, 2.75) is 31.7 Å². The van der Waals surface area contributed by atoms with Gasteiger partial charge in [0.25, 0.3) is 0 Å². The first kappa shape index (κ1) is 8.52.